The first-order chi connectivity index (χ1) is 9.13. The van der Waals surface area contributed by atoms with Crippen LogP contribution in [0.15, 0.2) is 5.38 Å². The number of amides is 1. The average molecular weight is 280 g/mol. The number of fused-ring (bicyclic) bond motifs is 2. The molecule has 0 spiro atoms. The average Bonchev–Trinajstić information content (AvgIpc) is 3.11. The molecule has 6 heteroatoms. The molecule has 2 N–H and O–H groups in total. The Kier molecular flexibility index (Phi) is 3.26. The third-order valence-electron chi connectivity index (χ3n) is 4.26. The third kappa shape index (κ3) is 2.49. The van der Waals surface area contributed by atoms with Crippen molar-refractivity contribution in [2.24, 2.45) is 17.8 Å². The number of hydrogen-bond acceptors (Lipinski definition) is 4. The maximum absolute atomic E-state index is 12.1. The van der Waals surface area contributed by atoms with Crippen LogP contribution in [0.3, 0.4) is 0 Å². The number of nitrogens with one attached hydrogen (secondary N) is 1. The number of thiazole rings is 1. The largest absolute Gasteiger partial charge is 0.476 e. The molecule has 2 aliphatic rings. The van der Waals surface area contributed by atoms with E-state index in [2.05, 4.69) is 10.3 Å². The molecule has 2 bridgehead atoms. The first-order valence-electron chi connectivity index (χ1n) is 6.59. The highest BCUT2D eigenvalue weighted by Crippen LogP contribution is 2.48. The van der Waals surface area contributed by atoms with Gasteiger partial charge in [0.25, 0.3) is 0 Å². The molecule has 1 heterocycles. The molecule has 0 aliphatic heterocycles. The van der Waals surface area contributed by atoms with Crippen LogP contribution in [0, 0.1) is 17.8 Å². The molecular weight excluding hydrogens is 264 g/mol. The van der Waals surface area contributed by atoms with E-state index in [0.29, 0.717) is 17.5 Å². The minimum atomic E-state index is -1.03. The van der Waals surface area contributed by atoms with E-state index in [0.717, 1.165) is 12.3 Å². The van der Waals surface area contributed by atoms with Gasteiger partial charge in [-0.05, 0) is 31.1 Å². The summed E-state index contributed by atoms with van der Waals surface area (Å²) in [6, 6.07) is 0. The van der Waals surface area contributed by atoms with Gasteiger partial charge in [0.1, 0.15) is 5.01 Å². The summed E-state index contributed by atoms with van der Waals surface area (Å²) in [5, 5.41) is 13.8. The summed E-state index contributed by atoms with van der Waals surface area (Å²) in [7, 11) is 0. The number of aromatic carboxylic acids is 1. The highest BCUT2D eigenvalue weighted by atomic mass is 32.1. The predicted octanol–water partition coefficient (Wildman–Crippen LogP) is 1.89. The van der Waals surface area contributed by atoms with Gasteiger partial charge in [0, 0.05) is 11.3 Å². The van der Waals surface area contributed by atoms with E-state index in [1.807, 2.05) is 0 Å². The first kappa shape index (κ1) is 12.6. The molecule has 0 radical (unpaired) electrons. The maximum Gasteiger partial charge on any atom is 0.355 e. The van der Waals surface area contributed by atoms with Gasteiger partial charge in [-0.25, -0.2) is 9.78 Å². The van der Waals surface area contributed by atoms with E-state index < -0.39 is 5.97 Å². The predicted molar refractivity (Wildman–Crippen MR) is 69.9 cm³/mol. The Morgan fingerprint density at radius 1 is 1.42 bits per heavy atom. The molecule has 2 fully saturated rings. The fourth-order valence-corrected chi connectivity index (χ4v) is 4.06. The van der Waals surface area contributed by atoms with E-state index in [1.54, 1.807) is 0 Å². The van der Waals surface area contributed by atoms with E-state index in [-0.39, 0.29) is 17.5 Å². The van der Waals surface area contributed by atoms with Crippen molar-refractivity contribution in [1.29, 1.82) is 0 Å². The van der Waals surface area contributed by atoms with E-state index in [4.69, 9.17) is 5.11 Å². The van der Waals surface area contributed by atoms with Gasteiger partial charge in [0.15, 0.2) is 5.69 Å². The number of aromatic nitrogens is 1. The minimum Gasteiger partial charge on any atom is -0.476 e. The first-order valence-corrected chi connectivity index (χ1v) is 7.47. The molecule has 3 atom stereocenters. The topological polar surface area (TPSA) is 79.3 Å². The Bertz CT molecular complexity index is 514. The summed E-state index contributed by atoms with van der Waals surface area (Å²) in [4.78, 5) is 26.8. The third-order valence-corrected chi connectivity index (χ3v) is 5.11. The number of hydrogen-bond donors (Lipinski definition) is 2. The molecule has 1 amide bonds. The molecule has 0 aromatic carbocycles. The van der Waals surface area contributed by atoms with Crippen LogP contribution in [0.4, 0.5) is 0 Å². The maximum atomic E-state index is 12.1. The molecule has 3 rings (SSSR count). The molecule has 0 unspecified atom stereocenters. The molecule has 2 aliphatic carbocycles. The lowest BCUT2D eigenvalue weighted by Gasteiger charge is -2.20. The molecule has 0 saturated heterocycles. The fourth-order valence-electron chi connectivity index (χ4n) is 3.35. The Balaban J connectivity index is 1.54. The van der Waals surface area contributed by atoms with Gasteiger partial charge in [-0.2, -0.15) is 0 Å². The quantitative estimate of drug-likeness (QED) is 0.882. The molecule has 1 aromatic heterocycles. The van der Waals surface area contributed by atoms with Crippen LogP contribution in [-0.4, -0.2) is 22.0 Å². The van der Waals surface area contributed by atoms with E-state index >= 15 is 0 Å². The van der Waals surface area contributed by atoms with Crippen LogP contribution in [0.25, 0.3) is 0 Å². The van der Waals surface area contributed by atoms with Crippen molar-refractivity contribution >= 4 is 23.2 Å². The van der Waals surface area contributed by atoms with Gasteiger partial charge >= 0.3 is 5.97 Å². The van der Waals surface area contributed by atoms with E-state index in [1.165, 1.54) is 36.0 Å². The van der Waals surface area contributed by atoms with Crippen molar-refractivity contribution in [2.45, 2.75) is 32.2 Å². The molecular formula is C13H16N2O3S. The van der Waals surface area contributed by atoms with Crippen molar-refractivity contribution in [1.82, 2.24) is 10.3 Å². The zero-order chi connectivity index (χ0) is 13.4. The normalized spacial score (nSPS) is 28.5. The number of carbonyl (C=O) groups excluding carboxylic acids is 1. The summed E-state index contributed by atoms with van der Waals surface area (Å²) in [6.45, 7) is 0.338. The number of carboxylic acid groups (broad SMARTS) is 1. The Hall–Kier alpha value is -1.43. The Morgan fingerprint density at radius 2 is 2.26 bits per heavy atom. The standard InChI is InChI=1S/C13H16N2O3S/c16-12(9-4-7-1-2-8(9)3-7)14-5-11-15-10(6-19-11)13(17)18/h6-9H,1-5H2,(H,14,16)(H,17,18)/t7-,8-,9+/m0/s1. The lowest BCUT2D eigenvalue weighted by atomic mass is 9.88. The van der Waals surface area contributed by atoms with Crippen LogP contribution in [0.2, 0.25) is 0 Å². The SMILES string of the molecule is O=C(O)c1csc(CNC(=O)[C@@H]2C[C@H]3CC[C@H]2C3)n1. The van der Waals surface area contributed by atoms with Crippen LogP contribution in [0.1, 0.15) is 41.2 Å². The lowest BCUT2D eigenvalue weighted by molar-refractivity contribution is -0.126. The summed E-state index contributed by atoms with van der Waals surface area (Å²) < 4.78 is 0. The van der Waals surface area contributed by atoms with Crippen molar-refractivity contribution in [2.75, 3.05) is 0 Å². The van der Waals surface area contributed by atoms with Gasteiger partial charge < -0.3 is 10.4 Å². The zero-order valence-corrected chi connectivity index (χ0v) is 11.3. The van der Waals surface area contributed by atoms with Gasteiger partial charge in [0.2, 0.25) is 5.91 Å². The summed E-state index contributed by atoms with van der Waals surface area (Å²) in [6.07, 6.45) is 4.69. The second-order valence-corrected chi connectivity index (χ2v) is 6.37. The number of rotatable bonds is 4. The smallest absolute Gasteiger partial charge is 0.355 e. The number of carboxylic acids is 1. The second kappa shape index (κ2) is 4.92. The fraction of sp³-hybridized carbons (Fsp3) is 0.615. The number of nitrogens with zero attached hydrogens (tertiary/aromatic N) is 1. The van der Waals surface area contributed by atoms with Crippen LogP contribution >= 0.6 is 11.3 Å². The summed E-state index contributed by atoms with van der Waals surface area (Å²) in [5.41, 5.74) is 0.0502. The summed E-state index contributed by atoms with van der Waals surface area (Å²) >= 11 is 1.27. The van der Waals surface area contributed by atoms with Crippen LogP contribution in [-0.2, 0) is 11.3 Å². The highest BCUT2D eigenvalue weighted by molar-refractivity contribution is 7.09. The lowest BCUT2D eigenvalue weighted by Crippen LogP contribution is -2.33. The molecule has 5 nitrogen and oxygen atoms in total. The van der Waals surface area contributed by atoms with Crippen molar-refractivity contribution in [3.05, 3.63) is 16.1 Å². The zero-order valence-electron chi connectivity index (χ0n) is 10.5. The second-order valence-electron chi connectivity index (χ2n) is 5.43. The Labute approximate surface area is 115 Å². The van der Waals surface area contributed by atoms with Gasteiger partial charge in [0.05, 0.1) is 6.54 Å². The van der Waals surface area contributed by atoms with Crippen molar-refractivity contribution < 1.29 is 14.7 Å². The molecule has 19 heavy (non-hydrogen) atoms. The summed E-state index contributed by atoms with van der Waals surface area (Å²) in [5.74, 6) is 0.564. The van der Waals surface area contributed by atoms with Crippen molar-refractivity contribution in [3.8, 4) is 0 Å². The van der Waals surface area contributed by atoms with Crippen molar-refractivity contribution in [3.63, 3.8) is 0 Å². The Morgan fingerprint density at radius 3 is 2.84 bits per heavy atom. The molecule has 1 aromatic rings. The van der Waals surface area contributed by atoms with Gasteiger partial charge in [-0.3, -0.25) is 4.79 Å². The highest BCUT2D eigenvalue weighted by Gasteiger charge is 2.42. The van der Waals surface area contributed by atoms with Crippen LogP contribution < -0.4 is 5.32 Å². The molecule has 2 saturated carbocycles. The van der Waals surface area contributed by atoms with Gasteiger partial charge in [-0.1, -0.05) is 6.42 Å². The van der Waals surface area contributed by atoms with Gasteiger partial charge in [-0.15, -0.1) is 11.3 Å². The monoisotopic (exact) mass is 280 g/mol. The minimum absolute atomic E-state index is 0.0502. The molecule has 102 valence electrons. The number of carbonyl (C=O) groups is 2. The van der Waals surface area contributed by atoms with Crippen LogP contribution in [0.5, 0.6) is 0 Å². The van der Waals surface area contributed by atoms with E-state index in [9.17, 15) is 9.59 Å².